The van der Waals surface area contributed by atoms with Crippen LogP contribution in [-0.4, -0.2) is 16.6 Å². The van der Waals surface area contributed by atoms with E-state index in [1.54, 1.807) is 12.1 Å². The fraction of sp³-hybridized carbons (Fsp3) is 0.316. The number of sulfonamides is 1. The van der Waals surface area contributed by atoms with Gasteiger partial charge in [0.1, 0.15) is 0 Å². The van der Waals surface area contributed by atoms with Crippen molar-refractivity contribution in [2.45, 2.75) is 35.5 Å². The number of alkyl halides is 2. The molecule has 3 nitrogen and oxygen atoms in total. The van der Waals surface area contributed by atoms with Crippen molar-refractivity contribution >= 4 is 33.6 Å². The van der Waals surface area contributed by atoms with Gasteiger partial charge >= 0.3 is 152 Å². The SMILES string of the molecule is Cc1ccccc1S(=O)(=O)N=C1CCCCI1Cc1ccccc1. The molecule has 24 heavy (non-hydrogen) atoms. The average Bonchev–Trinajstić information content (AvgIpc) is 2.57. The van der Waals surface area contributed by atoms with Gasteiger partial charge in [-0.3, -0.25) is 0 Å². The van der Waals surface area contributed by atoms with Crippen LogP contribution >= 0.6 is 19.8 Å². The molecule has 1 aliphatic rings. The van der Waals surface area contributed by atoms with E-state index in [2.05, 4.69) is 28.7 Å². The molecule has 0 spiro atoms. The molecular formula is C19H22INO2S. The Kier molecular flexibility index (Phi) is 5.71. The van der Waals surface area contributed by atoms with E-state index in [0.29, 0.717) is 4.90 Å². The second-order valence-electron chi connectivity index (χ2n) is 5.93. The average molecular weight is 455 g/mol. The van der Waals surface area contributed by atoms with Crippen molar-refractivity contribution in [1.82, 2.24) is 0 Å². The first-order valence-electron chi connectivity index (χ1n) is 8.11. The predicted octanol–water partition coefficient (Wildman–Crippen LogP) is 4.97. The summed E-state index contributed by atoms with van der Waals surface area (Å²) in [5.41, 5.74) is 2.08. The molecule has 2 aromatic rings. The van der Waals surface area contributed by atoms with Crippen LogP contribution in [0.3, 0.4) is 0 Å². The summed E-state index contributed by atoms with van der Waals surface area (Å²) in [6.45, 7) is 1.83. The van der Waals surface area contributed by atoms with Crippen LogP contribution in [0.2, 0.25) is 0 Å². The van der Waals surface area contributed by atoms with E-state index in [4.69, 9.17) is 0 Å². The van der Waals surface area contributed by atoms with Crippen molar-refractivity contribution in [3.8, 4) is 0 Å². The molecule has 1 saturated heterocycles. The Morgan fingerprint density at radius 2 is 1.71 bits per heavy atom. The van der Waals surface area contributed by atoms with E-state index < -0.39 is 29.8 Å². The Hall–Kier alpha value is -1.21. The molecule has 2 aromatic carbocycles. The molecule has 0 bridgehead atoms. The molecule has 0 amide bonds. The summed E-state index contributed by atoms with van der Waals surface area (Å²) in [7, 11) is -3.59. The zero-order valence-electron chi connectivity index (χ0n) is 13.8. The van der Waals surface area contributed by atoms with Gasteiger partial charge in [0.2, 0.25) is 0 Å². The molecule has 1 fully saturated rings. The van der Waals surface area contributed by atoms with Crippen LogP contribution in [0.4, 0.5) is 0 Å². The van der Waals surface area contributed by atoms with Crippen LogP contribution in [-0.2, 0) is 14.5 Å². The van der Waals surface area contributed by atoms with Crippen LogP contribution in [0.5, 0.6) is 0 Å². The standard InChI is InChI=1S/C19H22INO2S/c1-16-9-5-6-12-18(16)24(22,23)21-19-13-7-8-14-20(19)15-17-10-3-2-4-11-17/h2-6,9-12H,7-8,13-15H2,1H3. The fourth-order valence-corrected chi connectivity index (χ4v) is 11.3. The third kappa shape index (κ3) is 4.25. The normalized spacial score (nSPS) is 18.7. The summed E-state index contributed by atoms with van der Waals surface area (Å²) >= 11 is -1.54. The summed E-state index contributed by atoms with van der Waals surface area (Å²) in [6.07, 6.45) is 3.12. The maximum atomic E-state index is 12.8. The summed E-state index contributed by atoms with van der Waals surface area (Å²) in [4.78, 5) is 0.346. The second kappa shape index (κ2) is 7.78. The van der Waals surface area contributed by atoms with Crippen molar-refractivity contribution in [3.63, 3.8) is 0 Å². The topological polar surface area (TPSA) is 46.5 Å². The molecule has 1 aliphatic heterocycles. The van der Waals surface area contributed by atoms with E-state index in [9.17, 15) is 8.42 Å². The molecule has 3 rings (SSSR count). The molecule has 1 heterocycles. The first-order chi connectivity index (χ1) is 11.6. The van der Waals surface area contributed by atoms with Crippen molar-refractivity contribution in [2.75, 3.05) is 4.43 Å². The van der Waals surface area contributed by atoms with Gasteiger partial charge in [-0.15, -0.1) is 0 Å². The molecule has 0 aromatic heterocycles. The van der Waals surface area contributed by atoms with E-state index in [1.165, 1.54) is 16.4 Å². The Balaban J connectivity index is 1.90. The maximum absolute atomic E-state index is 12.8. The van der Waals surface area contributed by atoms with Crippen LogP contribution in [0.15, 0.2) is 63.9 Å². The minimum atomic E-state index is -3.59. The van der Waals surface area contributed by atoms with Gasteiger partial charge in [-0.1, -0.05) is 0 Å². The monoisotopic (exact) mass is 455 g/mol. The van der Waals surface area contributed by atoms with E-state index in [-0.39, 0.29) is 0 Å². The van der Waals surface area contributed by atoms with Gasteiger partial charge in [-0.25, -0.2) is 0 Å². The van der Waals surface area contributed by atoms with Gasteiger partial charge in [0.15, 0.2) is 0 Å². The Morgan fingerprint density at radius 3 is 2.46 bits per heavy atom. The minimum absolute atomic E-state index is 0.346. The zero-order valence-corrected chi connectivity index (χ0v) is 16.8. The Labute approximate surface area is 151 Å². The number of rotatable bonds is 4. The predicted molar refractivity (Wildman–Crippen MR) is 109 cm³/mol. The third-order valence-electron chi connectivity index (χ3n) is 4.05. The quantitative estimate of drug-likeness (QED) is 0.483. The summed E-state index contributed by atoms with van der Waals surface area (Å²) in [5.74, 6) is 0. The van der Waals surface area contributed by atoms with Crippen molar-refractivity contribution < 1.29 is 8.42 Å². The molecule has 0 atom stereocenters. The van der Waals surface area contributed by atoms with Gasteiger partial charge < -0.3 is 0 Å². The summed E-state index contributed by atoms with van der Waals surface area (Å²) in [6, 6.07) is 17.5. The van der Waals surface area contributed by atoms with Gasteiger partial charge in [-0.2, -0.15) is 0 Å². The number of halogens is 1. The number of nitrogens with zero attached hydrogens (tertiary/aromatic N) is 1. The molecular weight excluding hydrogens is 433 g/mol. The fourth-order valence-electron chi connectivity index (χ4n) is 2.79. The molecule has 0 saturated carbocycles. The molecule has 5 heteroatoms. The van der Waals surface area contributed by atoms with Gasteiger partial charge in [-0.05, 0) is 0 Å². The Morgan fingerprint density at radius 1 is 1.00 bits per heavy atom. The van der Waals surface area contributed by atoms with Crippen LogP contribution in [0, 0.1) is 6.92 Å². The number of hydrogen-bond acceptors (Lipinski definition) is 2. The van der Waals surface area contributed by atoms with Gasteiger partial charge in [0.25, 0.3) is 0 Å². The zero-order chi connectivity index (χ0) is 17.0. The first-order valence-corrected chi connectivity index (χ1v) is 13.7. The molecule has 0 aliphatic carbocycles. The number of aryl methyl sites for hydroxylation is 1. The first kappa shape index (κ1) is 17.6. The molecule has 0 N–H and O–H groups in total. The van der Waals surface area contributed by atoms with Crippen molar-refractivity contribution in [1.29, 1.82) is 0 Å². The van der Waals surface area contributed by atoms with E-state index in [1.807, 2.05) is 25.1 Å². The molecule has 0 unspecified atom stereocenters. The summed E-state index contributed by atoms with van der Waals surface area (Å²) < 4.78 is 33.0. The van der Waals surface area contributed by atoms with E-state index in [0.717, 1.165) is 26.6 Å². The van der Waals surface area contributed by atoms with Crippen molar-refractivity contribution in [3.05, 3.63) is 65.7 Å². The number of benzene rings is 2. The Bertz CT molecular complexity index is 831. The third-order valence-corrected chi connectivity index (χ3v) is 12.3. The van der Waals surface area contributed by atoms with Crippen LogP contribution in [0.1, 0.15) is 30.4 Å². The number of hydrogen-bond donors (Lipinski definition) is 0. The van der Waals surface area contributed by atoms with Gasteiger partial charge in [0.05, 0.1) is 0 Å². The molecule has 0 radical (unpaired) electrons. The van der Waals surface area contributed by atoms with Crippen LogP contribution < -0.4 is 0 Å². The van der Waals surface area contributed by atoms with Gasteiger partial charge in [0, 0.05) is 0 Å². The second-order valence-corrected chi connectivity index (χ2v) is 13.2. The van der Waals surface area contributed by atoms with Crippen molar-refractivity contribution in [2.24, 2.45) is 4.40 Å². The molecule has 128 valence electrons. The van der Waals surface area contributed by atoms with E-state index >= 15 is 0 Å². The van der Waals surface area contributed by atoms with Crippen LogP contribution in [0.25, 0.3) is 0 Å². The summed E-state index contributed by atoms with van der Waals surface area (Å²) in [5, 5.41) is 0.